The normalized spacial score (nSPS) is 21.8. The van der Waals surface area contributed by atoms with Crippen molar-refractivity contribution >= 4 is 28.5 Å². The number of aromatic amines is 1. The van der Waals surface area contributed by atoms with E-state index in [2.05, 4.69) is 36.2 Å². The lowest BCUT2D eigenvalue weighted by atomic mass is 9.78. The van der Waals surface area contributed by atoms with Crippen LogP contribution in [0.4, 0.5) is 14.9 Å². The van der Waals surface area contributed by atoms with E-state index in [9.17, 15) is 14.0 Å². The lowest BCUT2D eigenvalue weighted by Crippen LogP contribution is -2.50. The number of benzene rings is 3. The number of hydrogen-bond acceptors (Lipinski definition) is 2. The van der Waals surface area contributed by atoms with E-state index in [1.807, 2.05) is 24.3 Å². The van der Waals surface area contributed by atoms with Gasteiger partial charge in [-0.25, -0.2) is 14.1 Å². The van der Waals surface area contributed by atoms with Gasteiger partial charge in [-0.1, -0.05) is 61.5 Å². The van der Waals surface area contributed by atoms with E-state index >= 15 is 0 Å². The Morgan fingerprint density at radius 1 is 1.00 bits per heavy atom. The molecule has 0 radical (unpaired) electrons. The summed E-state index contributed by atoms with van der Waals surface area (Å²) in [6, 6.07) is 21.8. The molecule has 2 aliphatic rings. The highest BCUT2D eigenvalue weighted by atomic mass is 19.1. The van der Waals surface area contributed by atoms with Crippen LogP contribution in [0.5, 0.6) is 0 Å². The first-order valence-corrected chi connectivity index (χ1v) is 11.6. The number of aromatic nitrogens is 1. The van der Waals surface area contributed by atoms with E-state index < -0.39 is 23.3 Å². The van der Waals surface area contributed by atoms with Crippen molar-refractivity contribution in [1.82, 2.24) is 9.88 Å². The van der Waals surface area contributed by atoms with Gasteiger partial charge in [0.05, 0.1) is 11.4 Å². The minimum Gasteiger partial charge on any atom is -0.356 e. The molecular weight excluding hydrogens is 429 g/mol. The van der Waals surface area contributed by atoms with Crippen LogP contribution in [0.3, 0.4) is 0 Å². The summed E-state index contributed by atoms with van der Waals surface area (Å²) in [5, 5.41) is 1.03. The van der Waals surface area contributed by atoms with Gasteiger partial charge in [0, 0.05) is 23.4 Å². The Hall–Kier alpha value is -3.93. The highest BCUT2D eigenvalue weighted by Crippen LogP contribution is 2.50. The van der Waals surface area contributed by atoms with Crippen molar-refractivity contribution in [3.05, 3.63) is 101 Å². The average molecular weight is 454 g/mol. The van der Waals surface area contributed by atoms with E-state index in [0.29, 0.717) is 12.2 Å². The molecule has 6 rings (SSSR count). The monoisotopic (exact) mass is 453 g/mol. The van der Waals surface area contributed by atoms with Gasteiger partial charge in [0.25, 0.3) is 5.91 Å². The number of halogens is 1. The van der Waals surface area contributed by atoms with Crippen LogP contribution in [0, 0.1) is 5.82 Å². The molecule has 0 bridgehead atoms. The Labute approximate surface area is 196 Å². The first-order valence-electron chi connectivity index (χ1n) is 11.6. The van der Waals surface area contributed by atoms with Crippen molar-refractivity contribution in [3.63, 3.8) is 0 Å². The second kappa shape index (κ2) is 7.29. The van der Waals surface area contributed by atoms with Crippen LogP contribution in [-0.2, 0) is 16.8 Å². The van der Waals surface area contributed by atoms with Gasteiger partial charge >= 0.3 is 6.03 Å². The second-order valence-corrected chi connectivity index (χ2v) is 9.16. The van der Waals surface area contributed by atoms with E-state index in [1.54, 1.807) is 24.0 Å². The number of H-pyrrole nitrogens is 1. The van der Waals surface area contributed by atoms with E-state index in [4.69, 9.17) is 0 Å². The fraction of sp³-hybridized carbons (Fsp3) is 0.214. The molecule has 34 heavy (non-hydrogen) atoms. The third kappa shape index (κ3) is 2.65. The van der Waals surface area contributed by atoms with Gasteiger partial charge in [-0.3, -0.25) is 4.79 Å². The van der Waals surface area contributed by atoms with Crippen molar-refractivity contribution < 1.29 is 14.0 Å². The molecule has 170 valence electrons. The maximum atomic E-state index is 14.7. The fourth-order valence-corrected chi connectivity index (χ4v) is 5.52. The largest absolute Gasteiger partial charge is 0.356 e. The van der Waals surface area contributed by atoms with Gasteiger partial charge in [0.15, 0.2) is 5.54 Å². The Morgan fingerprint density at radius 2 is 1.71 bits per heavy atom. The summed E-state index contributed by atoms with van der Waals surface area (Å²) in [5.41, 5.74) is 3.67. The van der Waals surface area contributed by atoms with Crippen molar-refractivity contribution in [1.29, 1.82) is 0 Å². The van der Waals surface area contributed by atoms with Crippen LogP contribution in [0.15, 0.2) is 72.8 Å². The molecule has 4 aromatic rings. The zero-order valence-electron chi connectivity index (χ0n) is 19.0. The van der Waals surface area contributed by atoms with Crippen LogP contribution in [0.2, 0.25) is 0 Å². The molecule has 6 heteroatoms. The SMILES string of the molecule is CCc1ccc(C2CN3C(=O)N(c4ccccc4F)C(=O)C3(C)c3[nH]c4ccccc4c32)cc1. The molecule has 1 saturated heterocycles. The summed E-state index contributed by atoms with van der Waals surface area (Å²) in [6.45, 7) is 4.20. The highest BCUT2D eigenvalue weighted by Gasteiger charge is 2.61. The Balaban J connectivity index is 1.58. The Bertz CT molecular complexity index is 1460. The molecule has 2 aliphatic heterocycles. The van der Waals surface area contributed by atoms with Gasteiger partial charge in [-0.05, 0) is 48.2 Å². The number of urea groups is 1. The third-order valence-electron chi connectivity index (χ3n) is 7.41. The van der Waals surface area contributed by atoms with Crippen LogP contribution < -0.4 is 4.90 Å². The lowest BCUT2D eigenvalue weighted by molar-refractivity contribution is -0.125. The Morgan fingerprint density at radius 3 is 2.44 bits per heavy atom. The van der Waals surface area contributed by atoms with Crippen molar-refractivity contribution in [2.75, 3.05) is 11.4 Å². The van der Waals surface area contributed by atoms with E-state index in [-0.39, 0.29) is 11.6 Å². The average Bonchev–Trinajstić information content (AvgIpc) is 3.34. The predicted molar refractivity (Wildman–Crippen MR) is 129 cm³/mol. The van der Waals surface area contributed by atoms with Gasteiger partial charge in [0.1, 0.15) is 5.82 Å². The minimum absolute atomic E-state index is 0.0189. The van der Waals surface area contributed by atoms with Crippen molar-refractivity contribution in [2.24, 2.45) is 0 Å². The number of imide groups is 1. The van der Waals surface area contributed by atoms with Crippen LogP contribution in [-0.4, -0.2) is 28.4 Å². The number of anilines is 1. The standard InChI is InChI=1S/C28H24FN3O2/c1-3-17-12-14-18(15-13-17)20-16-31-27(34)32(23-11-7-5-9-21(23)29)26(33)28(31,2)25-24(20)19-8-4-6-10-22(19)30-25/h4-15,20,30H,3,16H2,1-2H3. The van der Waals surface area contributed by atoms with Gasteiger partial charge in [0.2, 0.25) is 0 Å². The maximum Gasteiger partial charge on any atom is 0.332 e. The molecule has 1 fully saturated rings. The molecule has 0 spiro atoms. The zero-order chi connectivity index (χ0) is 23.6. The number of hydrogen-bond donors (Lipinski definition) is 1. The molecule has 2 atom stereocenters. The Kier molecular flexibility index (Phi) is 4.43. The number of aryl methyl sites for hydroxylation is 1. The third-order valence-corrected chi connectivity index (χ3v) is 7.41. The molecule has 3 heterocycles. The smallest absolute Gasteiger partial charge is 0.332 e. The topological polar surface area (TPSA) is 56.4 Å². The number of nitrogens with zero attached hydrogens (tertiary/aromatic N) is 2. The summed E-state index contributed by atoms with van der Waals surface area (Å²) >= 11 is 0. The minimum atomic E-state index is -1.26. The van der Waals surface area contributed by atoms with E-state index in [1.165, 1.54) is 17.7 Å². The summed E-state index contributed by atoms with van der Waals surface area (Å²) in [6.07, 6.45) is 0.943. The fourth-order valence-electron chi connectivity index (χ4n) is 5.52. The van der Waals surface area contributed by atoms with Gasteiger partial charge in [-0.2, -0.15) is 0 Å². The maximum absolute atomic E-state index is 14.7. The van der Waals surface area contributed by atoms with Gasteiger partial charge in [-0.15, -0.1) is 0 Å². The summed E-state index contributed by atoms with van der Waals surface area (Å²) in [4.78, 5) is 33.6. The van der Waals surface area contributed by atoms with Crippen LogP contribution in [0.1, 0.15) is 42.1 Å². The number of amides is 3. The number of rotatable bonds is 3. The molecule has 2 unspecified atom stereocenters. The summed E-state index contributed by atoms with van der Waals surface area (Å²) < 4.78 is 14.7. The molecular formula is C28H24FN3O2. The van der Waals surface area contributed by atoms with E-state index in [0.717, 1.165) is 33.4 Å². The number of nitrogens with one attached hydrogen (secondary N) is 1. The highest BCUT2D eigenvalue weighted by molar-refractivity contribution is 6.23. The molecule has 0 saturated carbocycles. The number of para-hydroxylation sites is 2. The second-order valence-electron chi connectivity index (χ2n) is 9.16. The quantitative estimate of drug-likeness (QED) is 0.405. The molecule has 3 aromatic carbocycles. The van der Waals surface area contributed by atoms with Gasteiger partial charge < -0.3 is 9.88 Å². The van der Waals surface area contributed by atoms with Crippen molar-refractivity contribution in [3.8, 4) is 0 Å². The first kappa shape index (κ1) is 20.7. The van der Waals surface area contributed by atoms with Crippen LogP contribution in [0.25, 0.3) is 10.9 Å². The van der Waals surface area contributed by atoms with Crippen LogP contribution >= 0.6 is 0 Å². The predicted octanol–water partition coefficient (Wildman–Crippen LogP) is 5.70. The molecule has 5 nitrogen and oxygen atoms in total. The molecule has 1 N–H and O–H groups in total. The number of carbonyl (C=O) groups is 2. The molecule has 1 aromatic heterocycles. The van der Waals surface area contributed by atoms with Crippen molar-refractivity contribution in [2.45, 2.75) is 31.7 Å². The first-order chi connectivity index (χ1) is 16.4. The molecule has 3 amide bonds. The summed E-state index contributed by atoms with van der Waals surface area (Å²) in [7, 11) is 0. The zero-order valence-corrected chi connectivity index (χ0v) is 19.0. The molecule has 0 aliphatic carbocycles. The lowest BCUT2D eigenvalue weighted by Gasteiger charge is -2.40. The summed E-state index contributed by atoms with van der Waals surface area (Å²) in [5.74, 6) is -1.17. The number of carbonyl (C=O) groups excluding carboxylic acids is 2. The number of fused-ring (bicyclic) bond motifs is 5.